The zero-order chi connectivity index (χ0) is 23.7. The first-order valence-electron chi connectivity index (χ1n) is 10.5. The van der Waals surface area contributed by atoms with Gasteiger partial charge in [-0.2, -0.15) is 20.1 Å². The van der Waals surface area contributed by atoms with Crippen LogP contribution in [0.1, 0.15) is 26.8 Å². The van der Waals surface area contributed by atoms with Gasteiger partial charge in [0, 0.05) is 11.1 Å². The molecule has 0 amide bonds. The molecule has 0 bridgehead atoms. The lowest BCUT2D eigenvalue weighted by Gasteiger charge is -2.09. The third-order valence-corrected chi connectivity index (χ3v) is 6.26. The Labute approximate surface area is 199 Å². The molecule has 5 rings (SSSR count). The number of benzene rings is 2. The number of aromatic nitrogens is 5. The van der Waals surface area contributed by atoms with E-state index >= 15 is 0 Å². The van der Waals surface area contributed by atoms with Crippen LogP contribution in [0.3, 0.4) is 0 Å². The van der Waals surface area contributed by atoms with Gasteiger partial charge in [0.2, 0.25) is 11.9 Å². The molecule has 3 N–H and O–H groups in total. The largest absolute Gasteiger partial charge is 0.453 e. The number of hydrogen-bond donors (Lipinski definition) is 2. The van der Waals surface area contributed by atoms with Crippen LogP contribution in [0.15, 0.2) is 60.7 Å². The third kappa shape index (κ3) is 4.30. The Morgan fingerprint density at radius 1 is 1.06 bits per heavy atom. The molecule has 5 aromatic rings. The number of rotatable bonds is 6. The monoisotopic (exact) mass is 471 g/mol. The number of fused-ring (bicyclic) bond motifs is 1. The van der Waals surface area contributed by atoms with Gasteiger partial charge in [0.15, 0.2) is 12.4 Å². The quantitative estimate of drug-likeness (QED) is 0.346. The number of hydrogen-bond acceptors (Lipinski definition) is 9. The minimum atomic E-state index is -0.465. The van der Waals surface area contributed by atoms with Gasteiger partial charge in [0.05, 0.1) is 11.4 Å². The SMILES string of the molecule is Cc1ccccc1Nc1nc(N)nc(COC(=O)c2cc3c(C)nn(-c4ccccc4)c3s2)n1. The van der Waals surface area contributed by atoms with Crippen molar-refractivity contribution in [2.75, 3.05) is 11.1 Å². The zero-order valence-corrected chi connectivity index (χ0v) is 19.3. The molecule has 2 aromatic carbocycles. The molecule has 0 fully saturated rings. The van der Waals surface area contributed by atoms with Gasteiger partial charge in [0.1, 0.15) is 9.71 Å². The molecule has 10 heteroatoms. The first-order valence-corrected chi connectivity index (χ1v) is 11.3. The number of nitrogens with one attached hydrogen (secondary N) is 1. The van der Waals surface area contributed by atoms with Crippen LogP contribution >= 0.6 is 11.3 Å². The van der Waals surface area contributed by atoms with E-state index in [0.717, 1.165) is 32.8 Å². The molecule has 0 aliphatic rings. The van der Waals surface area contributed by atoms with Crippen LogP contribution in [-0.2, 0) is 11.3 Å². The molecule has 0 aliphatic heterocycles. The van der Waals surface area contributed by atoms with Crippen molar-refractivity contribution in [3.8, 4) is 5.69 Å². The van der Waals surface area contributed by atoms with Gasteiger partial charge in [0.25, 0.3) is 0 Å². The Morgan fingerprint density at radius 2 is 1.82 bits per heavy atom. The molecule has 0 spiro atoms. The number of ether oxygens (including phenoxy) is 1. The smallest absolute Gasteiger partial charge is 0.348 e. The van der Waals surface area contributed by atoms with Gasteiger partial charge in [-0.25, -0.2) is 9.48 Å². The number of esters is 1. The van der Waals surface area contributed by atoms with Gasteiger partial charge < -0.3 is 15.8 Å². The van der Waals surface area contributed by atoms with Crippen LogP contribution in [0.2, 0.25) is 0 Å². The molecule has 0 atom stereocenters. The van der Waals surface area contributed by atoms with Crippen LogP contribution in [0.5, 0.6) is 0 Å². The minimum absolute atomic E-state index is 0.0394. The summed E-state index contributed by atoms with van der Waals surface area (Å²) in [5.41, 5.74) is 9.49. The number of nitrogens with zero attached hydrogens (tertiary/aromatic N) is 5. The van der Waals surface area contributed by atoms with Crippen molar-refractivity contribution >= 4 is 45.1 Å². The van der Waals surface area contributed by atoms with E-state index < -0.39 is 5.97 Å². The number of carbonyl (C=O) groups is 1. The second-order valence-electron chi connectivity index (χ2n) is 7.61. The minimum Gasteiger partial charge on any atom is -0.453 e. The van der Waals surface area contributed by atoms with Crippen molar-refractivity contribution in [1.82, 2.24) is 24.7 Å². The molecule has 0 saturated carbocycles. The molecule has 34 heavy (non-hydrogen) atoms. The Bertz CT molecular complexity index is 1490. The van der Waals surface area contributed by atoms with Crippen molar-refractivity contribution in [1.29, 1.82) is 0 Å². The predicted octanol–water partition coefficient (Wildman–Crippen LogP) is 4.57. The van der Waals surface area contributed by atoms with Crippen LogP contribution in [0, 0.1) is 13.8 Å². The van der Waals surface area contributed by atoms with E-state index in [-0.39, 0.29) is 24.3 Å². The van der Waals surface area contributed by atoms with E-state index in [2.05, 4.69) is 25.4 Å². The first kappa shape index (κ1) is 21.5. The average molecular weight is 472 g/mol. The van der Waals surface area contributed by atoms with Crippen LogP contribution in [0.25, 0.3) is 15.9 Å². The Morgan fingerprint density at radius 3 is 2.62 bits per heavy atom. The van der Waals surface area contributed by atoms with Crippen LogP contribution < -0.4 is 11.1 Å². The number of nitrogens with two attached hydrogens (primary N) is 1. The third-order valence-electron chi connectivity index (χ3n) is 5.17. The molecular weight excluding hydrogens is 450 g/mol. The van der Waals surface area contributed by atoms with Gasteiger partial charge in [-0.15, -0.1) is 11.3 Å². The van der Waals surface area contributed by atoms with Gasteiger partial charge in [-0.05, 0) is 43.7 Å². The number of aryl methyl sites for hydroxylation is 2. The molecule has 0 saturated heterocycles. The lowest BCUT2D eigenvalue weighted by atomic mass is 10.2. The fourth-order valence-electron chi connectivity index (χ4n) is 3.49. The fraction of sp³-hybridized carbons (Fsp3) is 0.125. The average Bonchev–Trinajstić information content (AvgIpc) is 3.40. The van der Waals surface area contributed by atoms with Crippen molar-refractivity contribution in [2.45, 2.75) is 20.5 Å². The number of nitrogen functional groups attached to an aromatic ring is 1. The summed E-state index contributed by atoms with van der Waals surface area (Å²) in [6, 6.07) is 19.3. The Hall–Kier alpha value is -4.31. The lowest BCUT2D eigenvalue weighted by molar-refractivity contribution is 0.0468. The lowest BCUT2D eigenvalue weighted by Crippen LogP contribution is -2.11. The molecule has 3 heterocycles. The molecule has 0 radical (unpaired) electrons. The van der Waals surface area contributed by atoms with Gasteiger partial charge in [-0.1, -0.05) is 36.4 Å². The molecule has 3 aromatic heterocycles. The van der Waals surface area contributed by atoms with Crippen molar-refractivity contribution in [3.63, 3.8) is 0 Å². The van der Waals surface area contributed by atoms with Crippen molar-refractivity contribution < 1.29 is 9.53 Å². The Balaban J connectivity index is 1.33. The van der Waals surface area contributed by atoms with E-state index in [4.69, 9.17) is 10.5 Å². The number of carbonyl (C=O) groups excluding carboxylic acids is 1. The Kier molecular flexibility index (Phi) is 5.64. The summed E-state index contributed by atoms with van der Waals surface area (Å²) in [7, 11) is 0. The fourth-order valence-corrected chi connectivity index (χ4v) is 4.56. The number of thiophene rings is 1. The molecule has 9 nitrogen and oxygen atoms in total. The zero-order valence-electron chi connectivity index (χ0n) is 18.5. The van der Waals surface area contributed by atoms with Crippen molar-refractivity contribution in [2.24, 2.45) is 0 Å². The standard InChI is InChI=1S/C24H21N7O2S/c1-14-8-6-7-11-18(14)26-24-28-20(27-23(25)29-24)13-33-22(32)19-12-17-15(2)30-31(21(17)34-19)16-9-4-3-5-10-16/h3-12H,13H2,1-2H3,(H3,25,26,27,28,29). The second kappa shape index (κ2) is 8.91. The summed E-state index contributed by atoms with van der Waals surface area (Å²) < 4.78 is 7.32. The van der Waals surface area contributed by atoms with Gasteiger partial charge >= 0.3 is 5.97 Å². The van der Waals surface area contributed by atoms with E-state index in [0.29, 0.717) is 4.88 Å². The summed E-state index contributed by atoms with van der Waals surface area (Å²) in [6.07, 6.45) is 0. The highest BCUT2D eigenvalue weighted by atomic mass is 32.1. The van der Waals surface area contributed by atoms with Crippen LogP contribution in [-0.4, -0.2) is 30.7 Å². The first-order chi connectivity index (χ1) is 16.5. The maximum Gasteiger partial charge on any atom is 0.348 e. The van der Waals surface area contributed by atoms with E-state index in [9.17, 15) is 4.79 Å². The highest BCUT2D eigenvalue weighted by Gasteiger charge is 2.19. The summed E-state index contributed by atoms with van der Waals surface area (Å²) in [5.74, 6) is 0.114. The van der Waals surface area contributed by atoms with E-state index in [1.165, 1.54) is 11.3 Å². The normalized spacial score (nSPS) is 11.0. The maximum atomic E-state index is 12.8. The summed E-state index contributed by atoms with van der Waals surface area (Å²) in [5, 5.41) is 8.64. The molecule has 0 aliphatic carbocycles. The number of anilines is 3. The molecular formula is C24H21N7O2S. The van der Waals surface area contributed by atoms with E-state index in [1.54, 1.807) is 6.07 Å². The topological polar surface area (TPSA) is 121 Å². The summed E-state index contributed by atoms with van der Waals surface area (Å²) in [6.45, 7) is 3.76. The van der Waals surface area contributed by atoms with Gasteiger partial charge in [-0.3, -0.25) is 0 Å². The highest BCUT2D eigenvalue weighted by Crippen LogP contribution is 2.31. The van der Waals surface area contributed by atoms with Crippen LogP contribution in [0.4, 0.5) is 17.6 Å². The molecule has 0 unspecified atom stereocenters. The summed E-state index contributed by atoms with van der Waals surface area (Å²) >= 11 is 1.33. The summed E-state index contributed by atoms with van der Waals surface area (Å²) in [4.78, 5) is 26.7. The second-order valence-corrected chi connectivity index (χ2v) is 8.64. The number of para-hydroxylation sites is 2. The maximum absolute atomic E-state index is 12.8. The van der Waals surface area contributed by atoms with Crippen molar-refractivity contribution in [3.05, 3.63) is 82.6 Å². The van der Waals surface area contributed by atoms with E-state index in [1.807, 2.05) is 73.1 Å². The predicted molar refractivity (Wildman–Crippen MR) is 132 cm³/mol. The highest BCUT2D eigenvalue weighted by molar-refractivity contribution is 7.20. The molecule has 170 valence electrons.